The molecular weight excluding hydrogens is 268 g/mol. The van der Waals surface area contributed by atoms with Crippen molar-refractivity contribution < 1.29 is 17.9 Å². The number of anilines is 1. The van der Waals surface area contributed by atoms with Crippen molar-refractivity contribution in [2.75, 3.05) is 26.6 Å². The normalized spacial score (nSPS) is 12.4. The first kappa shape index (κ1) is 15.7. The van der Waals surface area contributed by atoms with Gasteiger partial charge in [-0.2, -0.15) is 0 Å². The third kappa shape index (κ3) is 4.09. The Morgan fingerprint density at radius 3 is 2.47 bits per heavy atom. The smallest absolute Gasteiger partial charge is 0.241 e. The van der Waals surface area contributed by atoms with Crippen molar-refractivity contribution in [3.05, 3.63) is 18.2 Å². The third-order valence-electron chi connectivity index (χ3n) is 2.43. The van der Waals surface area contributed by atoms with Gasteiger partial charge in [-0.3, -0.25) is 0 Å². The molecule has 1 rings (SSSR count). The summed E-state index contributed by atoms with van der Waals surface area (Å²) in [5.41, 5.74) is 5.34. The third-order valence-corrected chi connectivity index (χ3v) is 4.13. The SMILES string of the molecule is COCC(C)(C)NS(=O)(=O)c1ccc(N)c(OC)c1. The summed E-state index contributed by atoms with van der Waals surface area (Å²) < 4.78 is 37.0. The van der Waals surface area contributed by atoms with E-state index in [0.29, 0.717) is 11.4 Å². The highest BCUT2D eigenvalue weighted by atomic mass is 32.2. The predicted octanol–water partition coefficient (Wildman–Crippen LogP) is 0.981. The quantitative estimate of drug-likeness (QED) is 0.761. The number of hydrogen-bond acceptors (Lipinski definition) is 5. The Balaban J connectivity index is 3.07. The summed E-state index contributed by atoms with van der Waals surface area (Å²) >= 11 is 0. The Bertz CT molecular complexity index is 541. The summed E-state index contributed by atoms with van der Waals surface area (Å²) in [5.74, 6) is 0.326. The van der Waals surface area contributed by atoms with E-state index in [1.54, 1.807) is 13.8 Å². The lowest BCUT2D eigenvalue weighted by Gasteiger charge is -2.25. The van der Waals surface area contributed by atoms with Gasteiger partial charge >= 0.3 is 0 Å². The average molecular weight is 288 g/mol. The number of nitrogens with one attached hydrogen (secondary N) is 1. The summed E-state index contributed by atoms with van der Waals surface area (Å²) in [6.45, 7) is 3.74. The zero-order valence-electron chi connectivity index (χ0n) is 11.6. The van der Waals surface area contributed by atoms with Crippen LogP contribution >= 0.6 is 0 Å². The van der Waals surface area contributed by atoms with Gasteiger partial charge in [0.05, 0.1) is 29.8 Å². The molecule has 1 aromatic rings. The number of hydrogen-bond donors (Lipinski definition) is 2. The minimum atomic E-state index is -3.66. The predicted molar refractivity (Wildman–Crippen MR) is 73.7 cm³/mol. The number of rotatable bonds is 6. The van der Waals surface area contributed by atoms with Gasteiger partial charge in [-0.15, -0.1) is 0 Å². The second-order valence-corrected chi connectivity index (χ2v) is 6.51. The molecule has 0 unspecified atom stereocenters. The first-order chi connectivity index (χ1) is 8.72. The molecule has 0 aliphatic heterocycles. The largest absolute Gasteiger partial charge is 0.495 e. The summed E-state index contributed by atoms with van der Waals surface area (Å²) in [6.07, 6.45) is 0. The van der Waals surface area contributed by atoms with E-state index in [4.69, 9.17) is 15.2 Å². The van der Waals surface area contributed by atoms with Crippen molar-refractivity contribution in [3.63, 3.8) is 0 Å². The lowest BCUT2D eigenvalue weighted by atomic mass is 10.1. The molecule has 0 spiro atoms. The van der Waals surface area contributed by atoms with Crippen LogP contribution in [0.2, 0.25) is 0 Å². The topological polar surface area (TPSA) is 90.7 Å². The maximum absolute atomic E-state index is 12.2. The van der Waals surface area contributed by atoms with Gasteiger partial charge in [0.15, 0.2) is 0 Å². The van der Waals surface area contributed by atoms with Crippen LogP contribution in [0.15, 0.2) is 23.1 Å². The lowest BCUT2D eigenvalue weighted by Crippen LogP contribution is -2.46. The fourth-order valence-corrected chi connectivity index (χ4v) is 3.09. The Hall–Kier alpha value is -1.31. The number of ether oxygens (including phenoxy) is 2. The van der Waals surface area contributed by atoms with Crippen LogP contribution in [0.3, 0.4) is 0 Å². The minimum Gasteiger partial charge on any atom is -0.495 e. The Kier molecular flexibility index (Phi) is 4.78. The van der Waals surface area contributed by atoms with Gasteiger partial charge in [-0.1, -0.05) is 0 Å². The summed E-state index contributed by atoms with van der Waals surface area (Å²) in [5, 5.41) is 0. The molecule has 7 heteroatoms. The van der Waals surface area contributed by atoms with Gasteiger partial charge < -0.3 is 15.2 Å². The molecule has 1 aromatic carbocycles. The van der Waals surface area contributed by atoms with Crippen LogP contribution in [0, 0.1) is 0 Å². The molecule has 3 N–H and O–H groups in total. The Morgan fingerprint density at radius 2 is 1.95 bits per heavy atom. The van der Waals surface area contributed by atoms with Crippen LogP contribution in [-0.2, 0) is 14.8 Å². The standard InChI is InChI=1S/C12H20N2O4S/c1-12(2,8-17-3)14-19(15,16)9-5-6-10(13)11(7-9)18-4/h5-7,14H,8,13H2,1-4H3. The first-order valence-electron chi connectivity index (χ1n) is 5.68. The van der Waals surface area contributed by atoms with Gasteiger partial charge in [0.2, 0.25) is 10.0 Å². The van der Waals surface area contributed by atoms with Crippen molar-refractivity contribution >= 4 is 15.7 Å². The van der Waals surface area contributed by atoms with E-state index in [2.05, 4.69) is 4.72 Å². The van der Waals surface area contributed by atoms with Crippen LogP contribution in [-0.4, -0.2) is 34.8 Å². The molecule has 0 atom stereocenters. The lowest BCUT2D eigenvalue weighted by molar-refractivity contribution is 0.141. The van der Waals surface area contributed by atoms with E-state index in [1.165, 1.54) is 32.4 Å². The molecule has 0 saturated heterocycles. The van der Waals surface area contributed by atoms with E-state index >= 15 is 0 Å². The molecule has 0 saturated carbocycles. The first-order valence-corrected chi connectivity index (χ1v) is 7.16. The highest BCUT2D eigenvalue weighted by Gasteiger charge is 2.26. The van der Waals surface area contributed by atoms with Gasteiger partial charge in [0, 0.05) is 13.2 Å². The van der Waals surface area contributed by atoms with Gasteiger partial charge in [0.1, 0.15) is 5.75 Å². The second-order valence-electron chi connectivity index (χ2n) is 4.83. The Labute approximate surface area is 113 Å². The summed E-state index contributed by atoms with van der Waals surface area (Å²) in [7, 11) is -0.704. The van der Waals surface area contributed by atoms with E-state index in [1.807, 2.05) is 0 Å². The fraction of sp³-hybridized carbons (Fsp3) is 0.500. The van der Waals surface area contributed by atoms with Crippen molar-refractivity contribution in [3.8, 4) is 5.75 Å². The number of methoxy groups -OCH3 is 2. The monoisotopic (exact) mass is 288 g/mol. The van der Waals surface area contributed by atoms with Crippen molar-refractivity contribution in [1.82, 2.24) is 4.72 Å². The number of nitrogen functional groups attached to an aromatic ring is 1. The van der Waals surface area contributed by atoms with Crippen molar-refractivity contribution in [2.45, 2.75) is 24.3 Å². The molecule has 0 fully saturated rings. The molecule has 0 bridgehead atoms. The number of sulfonamides is 1. The molecule has 0 heterocycles. The van der Waals surface area contributed by atoms with Crippen LogP contribution in [0.5, 0.6) is 5.75 Å². The highest BCUT2D eigenvalue weighted by molar-refractivity contribution is 7.89. The van der Waals surface area contributed by atoms with Gasteiger partial charge in [-0.25, -0.2) is 13.1 Å². The van der Waals surface area contributed by atoms with Crippen molar-refractivity contribution in [2.24, 2.45) is 0 Å². The zero-order chi connectivity index (χ0) is 14.7. The van der Waals surface area contributed by atoms with Gasteiger partial charge in [0.25, 0.3) is 0 Å². The molecule has 0 radical (unpaired) electrons. The van der Waals surface area contributed by atoms with E-state index in [9.17, 15) is 8.42 Å². The van der Waals surface area contributed by atoms with E-state index in [-0.39, 0.29) is 11.5 Å². The van der Waals surface area contributed by atoms with Crippen LogP contribution < -0.4 is 15.2 Å². The van der Waals surface area contributed by atoms with E-state index < -0.39 is 15.6 Å². The molecule has 0 aliphatic rings. The molecule has 0 aromatic heterocycles. The van der Waals surface area contributed by atoms with Crippen LogP contribution in [0.1, 0.15) is 13.8 Å². The molecular formula is C12H20N2O4S. The Morgan fingerprint density at radius 1 is 1.32 bits per heavy atom. The maximum Gasteiger partial charge on any atom is 0.241 e. The number of benzene rings is 1. The molecule has 108 valence electrons. The van der Waals surface area contributed by atoms with Crippen LogP contribution in [0.4, 0.5) is 5.69 Å². The zero-order valence-corrected chi connectivity index (χ0v) is 12.4. The van der Waals surface area contributed by atoms with Crippen LogP contribution in [0.25, 0.3) is 0 Å². The molecule has 6 nitrogen and oxygen atoms in total. The molecule has 0 amide bonds. The van der Waals surface area contributed by atoms with Gasteiger partial charge in [-0.05, 0) is 26.0 Å². The van der Waals surface area contributed by atoms with Crippen molar-refractivity contribution in [1.29, 1.82) is 0 Å². The van der Waals surface area contributed by atoms with E-state index in [0.717, 1.165) is 0 Å². The molecule has 19 heavy (non-hydrogen) atoms. The maximum atomic E-state index is 12.2. The fourth-order valence-electron chi connectivity index (χ4n) is 1.67. The second kappa shape index (κ2) is 5.77. The number of nitrogens with two attached hydrogens (primary N) is 1. The summed E-state index contributed by atoms with van der Waals surface area (Å²) in [6, 6.07) is 4.32. The molecule has 0 aliphatic carbocycles. The minimum absolute atomic E-state index is 0.0997. The highest BCUT2D eigenvalue weighted by Crippen LogP contribution is 2.25. The summed E-state index contributed by atoms with van der Waals surface area (Å²) in [4.78, 5) is 0.0997. The average Bonchev–Trinajstić information content (AvgIpc) is 2.27.